The van der Waals surface area contributed by atoms with Gasteiger partial charge < -0.3 is 9.80 Å². The molecule has 0 amide bonds. The molecular formula is C25H38N2. The van der Waals surface area contributed by atoms with E-state index in [0.717, 1.165) is 19.6 Å². The number of hydrogen-bond acceptors (Lipinski definition) is 2. The minimum Gasteiger partial charge on any atom is -0.366 e. The minimum atomic E-state index is 0.207. The SMILES string of the molecule is CCCN(CCC)CCN(Cc1ccc(C(C)(C)C)cc1)c1ccccc1. The van der Waals surface area contributed by atoms with Crippen LogP contribution in [0.15, 0.2) is 54.6 Å². The highest BCUT2D eigenvalue weighted by Crippen LogP contribution is 2.23. The molecule has 0 fully saturated rings. The molecule has 2 heteroatoms. The fraction of sp³-hybridized carbons (Fsp3) is 0.520. The molecule has 0 aliphatic carbocycles. The molecule has 0 saturated carbocycles. The van der Waals surface area contributed by atoms with E-state index in [4.69, 9.17) is 0 Å². The summed E-state index contributed by atoms with van der Waals surface area (Å²) in [7, 11) is 0. The van der Waals surface area contributed by atoms with Crippen molar-refractivity contribution < 1.29 is 0 Å². The van der Waals surface area contributed by atoms with Gasteiger partial charge in [0.15, 0.2) is 0 Å². The number of para-hydroxylation sites is 1. The Kier molecular flexibility index (Phi) is 8.37. The molecule has 2 aromatic rings. The van der Waals surface area contributed by atoms with Gasteiger partial charge in [0.2, 0.25) is 0 Å². The van der Waals surface area contributed by atoms with Crippen LogP contribution in [0.2, 0.25) is 0 Å². The quantitative estimate of drug-likeness (QED) is 0.500. The van der Waals surface area contributed by atoms with Crippen molar-refractivity contribution in [3.8, 4) is 0 Å². The third-order valence-electron chi connectivity index (χ3n) is 5.08. The van der Waals surface area contributed by atoms with Crippen LogP contribution in [0, 0.1) is 0 Å². The third kappa shape index (κ3) is 7.03. The maximum atomic E-state index is 2.60. The zero-order chi connectivity index (χ0) is 19.7. The molecule has 2 aromatic carbocycles. The Morgan fingerprint density at radius 1 is 0.704 bits per heavy atom. The molecule has 0 radical (unpaired) electrons. The van der Waals surface area contributed by atoms with Crippen molar-refractivity contribution in [2.45, 2.75) is 59.4 Å². The van der Waals surface area contributed by atoms with Gasteiger partial charge in [0.05, 0.1) is 0 Å². The van der Waals surface area contributed by atoms with Crippen molar-refractivity contribution in [2.24, 2.45) is 0 Å². The van der Waals surface area contributed by atoms with E-state index in [1.807, 2.05) is 0 Å². The lowest BCUT2D eigenvalue weighted by atomic mass is 9.87. The first kappa shape index (κ1) is 21.5. The molecule has 27 heavy (non-hydrogen) atoms. The number of hydrogen-bond donors (Lipinski definition) is 0. The average molecular weight is 367 g/mol. The van der Waals surface area contributed by atoms with Crippen LogP contribution < -0.4 is 4.90 Å². The summed E-state index contributed by atoms with van der Waals surface area (Å²) in [4.78, 5) is 5.11. The molecule has 0 spiro atoms. The first-order valence-corrected chi connectivity index (χ1v) is 10.6. The van der Waals surface area contributed by atoms with Gasteiger partial charge in [-0.2, -0.15) is 0 Å². The lowest BCUT2D eigenvalue weighted by Crippen LogP contribution is -2.36. The van der Waals surface area contributed by atoms with Crippen molar-refractivity contribution in [1.82, 2.24) is 4.90 Å². The Bertz CT molecular complexity index is 634. The van der Waals surface area contributed by atoms with E-state index in [2.05, 4.69) is 99.0 Å². The van der Waals surface area contributed by atoms with E-state index in [9.17, 15) is 0 Å². The lowest BCUT2D eigenvalue weighted by molar-refractivity contribution is 0.279. The van der Waals surface area contributed by atoms with Gasteiger partial charge in [0.1, 0.15) is 0 Å². The average Bonchev–Trinajstić information content (AvgIpc) is 2.65. The Labute approximate surface area is 167 Å². The van der Waals surface area contributed by atoms with Gasteiger partial charge in [-0.3, -0.25) is 0 Å². The number of benzene rings is 2. The van der Waals surface area contributed by atoms with Crippen LogP contribution in [0.25, 0.3) is 0 Å². The number of anilines is 1. The van der Waals surface area contributed by atoms with E-state index >= 15 is 0 Å². The van der Waals surface area contributed by atoms with Crippen LogP contribution in [-0.4, -0.2) is 31.1 Å². The van der Waals surface area contributed by atoms with Gasteiger partial charge in [-0.25, -0.2) is 0 Å². The lowest BCUT2D eigenvalue weighted by Gasteiger charge is -2.29. The summed E-state index contributed by atoms with van der Waals surface area (Å²) in [5, 5.41) is 0. The smallest absolute Gasteiger partial charge is 0.0430 e. The van der Waals surface area contributed by atoms with Gasteiger partial charge in [0, 0.05) is 25.3 Å². The molecular weight excluding hydrogens is 328 g/mol. The number of nitrogens with zero attached hydrogens (tertiary/aromatic N) is 2. The van der Waals surface area contributed by atoms with Gasteiger partial charge in [-0.1, -0.05) is 77.1 Å². The second-order valence-corrected chi connectivity index (χ2v) is 8.55. The molecule has 0 aliphatic rings. The number of rotatable bonds is 10. The Morgan fingerprint density at radius 3 is 1.81 bits per heavy atom. The topological polar surface area (TPSA) is 6.48 Å². The fourth-order valence-electron chi connectivity index (χ4n) is 3.50. The van der Waals surface area contributed by atoms with Gasteiger partial charge in [0.25, 0.3) is 0 Å². The highest BCUT2D eigenvalue weighted by molar-refractivity contribution is 5.47. The first-order valence-electron chi connectivity index (χ1n) is 10.6. The van der Waals surface area contributed by atoms with Crippen LogP contribution in [0.1, 0.15) is 58.6 Å². The van der Waals surface area contributed by atoms with Crippen LogP contribution >= 0.6 is 0 Å². The first-order chi connectivity index (χ1) is 12.9. The molecule has 0 N–H and O–H groups in total. The summed E-state index contributed by atoms with van der Waals surface area (Å²) >= 11 is 0. The third-order valence-corrected chi connectivity index (χ3v) is 5.08. The van der Waals surface area contributed by atoms with Crippen molar-refractivity contribution in [2.75, 3.05) is 31.1 Å². The second kappa shape index (κ2) is 10.5. The Hall–Kier alpha value is -1.80. The van der Waals surface area contributed by atoms with E-state index in [0.29, 0.717) is 0 Å². The Balaban J connectivity index is 2.11. The van der Waals surface area contributed by atoms with Crippen LogP contribution in [0.4, 0.5) is 5.69 Å². The highest BCUT2D eigenvalue weighted by atomic mass is 15.2. The normalized spacial score (nSPS) is 11.8. The van der Waals surface area contributed by atoms with Crippen molar-refractivity contribution in [3.63, 3.8) is 0 Å². The summed E-state index contributed by atoms with van der Waals surface area (Å²) in [5.74, 6) is 0. The summed E-state index contributed by atoms with van der Waals surface area (Å²) in [6.07, 6.45) is 2.44. The molecule has 0 saturated heterocycles. The molecule has 0 heterocycles. The van der Waals surface area contributed by atoms with Gasteiger partial charge in [-0.05, 0) is 54.6 Å². The molecule has 0 aromatic heterocycles. The zero-order valence-electron chi connectivity index (χ0n) is 18.0. The zero-order valence-corrected chi connectivity index (χ0v) is 18.0. The maximum absolute atomic E-state index is 2.60. The van der Waals surface area contributed by atoms with E-state index in [-0.39, 0.29) is 5.41 Å². The highest BCUT2D eigenvalue weighted by Gasteiger charge is 2.14. The van der Waals surface area contributed by atoms with Crippen LogP contribution in [-0.2, 0) is 12.0 Å². The molecule has 0 aliphatic heterocycles. The standard InChI is InChI=1S/C25H38N2/c1-6-17-26(18-7-2)19-20-27(24-11-9-8-10-12-24)21-22-13-15-23(16-14-22)25(3,4)5/h8-16H,6-7,17-21H2,1-5H3. The monoisotopic (exact) mass is 366 g/mol. The predicted molar refractivity (Wildman–Crippen MR) is 120 cm³/mol. The summed E-state index contributed by atoms with van der Waals surface area (Å²) in [5.41, 5.74) is 4.29. The molecule has 148 valence electrons. The van der Waals surface area contributed by atoms with Crippen molar-refractivity contribution in [3.05, 3.63) is 65.7 Å². The van der Waals surface area contributed by atoms with Gasteiger partial charge in [-0.15, -0.1) is 0 Å². The summed E-state index contributed by atoms with van der Waals surface area (Å²) < 4.78 is 0. The fourth-order valence-corrected chi connectivity index (χ4v) is 3.50. The van der Waals surface area contributed by atoms with Crippen molar-refractivity contribution in [1.29, 1.82) is 0 Å². The largest absolute Gasteiger partial charge is 0.366 e. The van der Waals surface area contributed by atoms with E-state index in [1.54, 1.807) is 0 Å². The summed E-state index contributed by atoms with van der Waals surface area (Å²) in [6.45, 7) is 16.9. The van der Waals surface area contributed by atoms with Crippen LogP contribution in [0.5, 0.6) is 0 Å². The minimum absolute atomic E-state index is 0.207. The summed E-state index contributed by atoms with van der Waals surface area (Å²) in [6, 6.07) is 20.0. The predicted octanol–water partition coefficient (Wildman–Crippen LogP) is 6.11. The second-order valence-electron chi connectivity index (χ2n) is 8.55. The van der Waals surface area contributed by atoms with Crippen LogP contribution in [0.3, 0.4) is 0 Å². The molecule has 2 rings (SSSR count). The van der Waals surface area contributed by atoms with Gasteiger partial charge >= 0.3 is 0 Å². The van der Waals surface area contributed by atoms with Crippen molar-refractivity contribution >= 4 is 5.69 Å². The molecule has 0 atom stereocenters. The maximum Gasteiger partial charge on any atom is 0.0430 e. The van der Waals surface area contributed by atoms with E-state index in [1.165, 1.54) is 42.7 Å². The molecule has 2 nitrogen and oxygen atoms in total. The molecule has 0 bridgehead atoms. The molecule has 0 unspecified atom stereocenters. The van der Waals surface area contributed by atoms with E-state index < -0.39 is 0 Å². The Morgan fingerprint density at radius 2 is 1.30 bits per heavy atom.